The molecule has 0 spiro atoms. The fourth-order valence-corrected chi connectivity index (χ4v) is 2.60. The molecule has 136 valence electrons. The highest BCUT2D eigenvalue weighted by atomic mass is 19.4. The number of hydrogen-bond donors (Lipinski definition) is 1. The number of anilines is 1. The Morgan fingerprint density at radius 3 is 2.69 bits per heavy atom. The number of aryl methyl sites for hydroxylation is 2. The molecule has 0 aliphatic carbocycles. The largest absolute Gasteiger partial charge is 0.466 e. The first-order valence-corrected chi connectivity index (χ1v) is 7.79. The zero-order valence-electron chi connectivity index (χ0n) is 14.1. The van der Waals surface area contributed by atoms with Crippen LogP contribution in [0.1, 0.15) is 33.0 Å². The van der Waals surface area contributed by atoms with E-state index in [1.807, 2.05) is 0 Å². The lowest BCUT2D eigenvalue weighted by Crippen LogP contribution is -2.11. The number of rotatable bonds is 4. The molecule has 0 unspecified atom stereocenters. The fraction of sp³-hybridized carbons (Fsp3) is 0.222. The van der Waals surface area contributed by atoms with Crippen molar-refractivity contribution in [2.75, 3.05) is 5.32 Å². The number of halogens is 3. The lowest BCUT2D eigenvalue weighted by Gasteiger charge is -2.08. The number of hydrogen-bond acceptors (Lipinski definition) is 3. The number of benzene rings is 1. The lowest BCUT2D eigenvalue weighted by atomic mass is 10.1. The van der Waals surface area contributed by atoms with E-state index in [9.17, 15) is 18.0 Å². The predicted octanol–water partition coefficient (Wildman–Crippen LogP) is 4.41. The molecule has 1 amide bonds. The van der Waals surface area contributed by atoms with Crippen molar-refractivity contribution in [2.45, 2.75) is 26.6 Å². The van der Waals surface area contributed by atoms with Gasteiger partial charge in [0.2, 0.25) is 0 Å². The molecule has 0 saturated carbocycles. The van der Waals surface area contributed by atoms with Gasteiger partial charge in [-0.05, 0) is 37.6 Å². The average molecular weight is 363 g/mol. The number of furan rings is 1. The van der Waals surface area contributed by atoms with E-state index in [0.29, 0.717) is 28.3 Å². The Kier molecular flexibility index (Phi) is 4.58. The topological polar surface area (TPSA) is 60.1 Å². The fourth-order valence-electron chi connectivity index (χ4n) is 2.60. The van der Waals surface area contributed by atoms with Gasteiger partial charge in [0.1, 0.15) is 11.5 Å². The van der Waals surface area contributed by atoms with Crippen LogP contribution in [-0.2, 0) is 12.7 Å². The predicted molar refractivity (Wildman–Crippen MR) is 88.9 cm³/mol. The molecule has 3 rings (SSSR count). The van der Waals surface area contributed by atoms with Gasteiger partial charge in [-0.1, -0.05) is 12.1 Å². The van der Waals surface area contributed by atoms with Crippen molar-refractivity contribution >= 4 is 11.6 Å². The zero-order valence-corrected chi connectivity index (χ0v) is 14.1. The molecule has 2 heterocycles. The standard InChI is InChI=1S/C18H16F3N3O2/c1-11-6-16(12(2)26-11)17(25)23-15-8-22-24(10-15)9-13-4-3-5-14(7-13)18(19,20)21/h3-8,10H,9H2,1-2H3,(H,23,25). The van der Waals surface area contributed by atoms with Gasteiger partial charge in [-0.25, -0.2) is 0 Å². The highest BCUT2D eigenvalue weighted by molar-refractivity contribution is 6.04. The van der Waals surface area contributed by atoms with Crippen LogP contribution in [0.2, 0.25) is 0 Å². The van der Waals surface area contributed by atoms with Gasteiger partial charge in [0.05, 0.1) is 29.6 Å². The van der Waals surface area contributed by atoms with Crippen LogP contribution in [0.4, 0.5) is 18.9 Å². The highest BCUT2D eigenvalue weighted by Gasteiger charge is 2.30. The molecular formula is C18H16F3N3O2. The normalized spacial score (nSPS) is 11.6. The van der Waals surface area contributed by atoms with Crippen LogP contribution < -0.4 is 5.32 Å². The maximum Gasteiger partial charge on any atom is 0.416 e. The van der Waals surface area contributed by atoms with E-state index in [1.54, 1.807) is 32.2 Å². The Morgan fingerprint density at radius 2 is 2.04 bits per heavy atom. The molecule has 0 radical (unpaired) electrons. The maximum absolute atomic E-state index is 12.8. The number of carbonyl (C=O) groups is 1. The second-order valence-corrected chi connectivity index (χ2v) is 5.91. The molecular weight excluding hydrogens is 347 g/mol. The second-order valence-electron chi connectivity index (χ2n) is 5.91. The van der Waals surface area contributed by atoms with Gasteiger partial charge >= 0.3 is 6.18 Å². The molecule has 1 N–H and O–H groups in total. The summed E-state index contributed by atoms with van der Waals surface area (Å²) >= 11 is 0. The zero-order chi connectivity index (χ0) is 18.9. The summed E-state index contributed by atoms with van der Waals surface area (Å²) in [4.78, 5) is 12.2. The number of aromatic nitrogens is 2. The molecule has 0 aliphatic heterocycles. The van der Waals surface area contributed by atoms with E-state index in [4.69, 9.17) is 4.42 Å². The van der Waals surface area contributed by atoms with Crippen LogP contribution in [0.15, 0.2) is 47.1 Å². The first-order valence-electron chi connectivity index (χ1n) is 7.79. The third-order valence-electron chi connectivity index (χ3n) is 3.78. The summed E-state index contributed by atoms with van der Waals surface area (Å²) in [5.74, 6) is 0.808. The van der Waals surface area contributed by atoms with Crippen molar-refractivity contribution in [3.8, 4) is 0 Å². The molecule has 0 atom stereocenters. The summed E-state index contributed by atoms with van der Waals surface area (Å²) in [5.41, 5.74) is 0.622. The van der Waals surface area contributed by atoms with Crippen molar-refractivity contribution in [3.05, 3.63) is 70.9 Å². The van der Waals surface area contributed by atoms with Gasteiger partial charge in [-0.3, -0.25) is 9.48 Å². The summed E-state index contributed by atoms with van der Waals surface area (Å²) in [6, 6.07) is 6.68. The second kappa shape index (κ2) is 6.70. The minimum absolute atomic E-state index is 0.156. The summed E-state index contributed by atoms with van der Waals surface area (Å²) in [6.07, 6.45) is -1.39. The van der Waals surface area contributed by atoms with Gasteiger partial charge in [-0.2, -0.15) is 18.3 Å². The van der Waals surface area contributed by atoms with Crippen LogP contribution in [-0.4, -0.2) is 15.7 Å². The molecule has 0 bridgehead atoms. The van der Waals surface area contributed by atoms with Gasteiger partial charge in [0.15, 0.2) is 0 Å². The SMILES string of the molecule is Cc1cc(C(=O)Nc2cnn(Cc3cccc(C(F)(F)F)c3)c2)c(C)o1. The van der Waals surface area contributed by atoms with Crippen molar-refractivity contribution in [3.63, 3.8) is 0 Å². The van der Waals surface area contributed by atoms with E-state index >= 15 is 0 Å². The van der Waals surface area contributed by atoms with E-state index in [0.717, 1.165) is 12.1 Å². The van der Waals surface area contributed by atoms with Crippen LogP contribution in [0, 0.1) is 13.8 Å². The van der Waals surface area contributed by atoms with Crippen LogP contribution in [0.5, 0.6) is 0 Å². The van der Waals surface area contributed by atoms with Gasteiger partial charge in [-0.15, -0.1) is 0 Å². The smallest absolute Gasteiger partial charge is 0.416 e. The van der Waals surface area contributed by atoms with Crippen molar-refractivity contribution < 1.29 is 22.4 Å². The molecule has 0 fully saturated rings. The third kappa shape index (κ3) is 3.96. The van der Waals surface area contributed by atoms with Gasteiger partial charge < -0.3 is 9.73 Å². The third-order valence-corrected chi connectivity index (χ3v) is 3.78. The first kappa shape index (κ1) is 17.8. The molecule has 0 aliphatic rings. The van der Waals surface area contributed by atoms with Crippen LogP contribution >= 0.6 is 0 Å². The molecule has 3 aromatic rings. The van der Waals surface area contributed by atoms with Gasteiger partial charge in [0.25, 0.3) is 5.91 Å². The van der Waals surface area contributed by atoms with Crippen LogP contribution in [0.3, 0.4) is 0 Å². The minimum Gasteiger partial charge on any atom is -0.466 e. The monoisotopic (exact) mass is 363 g/mol. The Labute approximate surface area is 147 Å². The summed E-state index contributed by atoms with van der Waals surface area (Å²) in [6.45, 7) is 3.60. The molecule has 8 heteroatoms. The summed E-state index contributed by atoms with van der Waals surface area (Å²) in [5, 5.41) is 6.77. The Balaban J connectivity index is 1.70. The van der Waals surface area contributed by atoms with E-state index < -0.39 is 11.7 Å². The van der Waals surface area contributed by atoms with E-state index in [1.165, 1.54) is 16.9 Å². The molecule has 5 nitrogen and oxygen atoms in total. The molecule has 26 heavy (non-hydrogen) atoms. The van der Waals surface area contributed by atoms with Crippen molar-refractivity contribution in [2.24, 2.45) is 0 Å². The quantitative estimate of drug-likeness (QED) is 0.747. The molecule has 0 saturated heterocycles. The number of nitrogens with one attached hydrogen (secondary N) is 1. The number of nitrogens with zero attached hydrogens (tertiary/aromatic N) is 2. The number of alkyl halides is 3. The van der Waals surface area contributed by atoms with E-state index in [2.05, 4.69) is 10.4 Å². The summed E-state index contributed by atoms with van der Waals surface area (Å²) < 4.78 is 45.1. The Hall–Kier alpha value is -3.03. The van der Waals surface area contributed by atoms with Crippen molar-refractivity contribution in [1.82, 2.24) is 9.78 Å². The summed E-state index contributed by atoms with van der Waals surface area (Å²) in [7, 11) is 0. The minimum atomic E-state index is -4.39. The Morgan fingerprint density at radius 1 is 1.27 bits per heavy atom. The average Bonchev–Trinajstić information content (AvgIpc) is 3.12. The maximum atomic E-state index is 12.8. The Bertz CT molecular complexity index is 941. The highest BCUT2D eigenvalue weighted by Crippen LogP contribution is 2.29. The lowest BCUT2D eigenvalue weighted by molar-refractivity contribution is -0.137. The van der Waals surface area contributed by atoms with Gasteiger partial charge in [0, 0.05) is 6.20 Å². The van der Waals surface area contributed by atoms with E-state index in [-0.39, 0.29) is 12.5 Å². The molecule has 1 aromatic carbocycles. The van der Waals surface area contributed by atoms with Crippen LogP contribution in [0.25, 0.3) is 0 Å². The molecule has 2 aromatic heterocycles. The first-order chi connectivity index (χ1) is 12.2. The van der Waals surface area contributed by atoms with Crippen molar-refractivity contribution in [1.29, 1.82) is 0 Å². The number of amides is 1. The number of carbonyl (C=O) groups excluding carboxylic acids is 1.